The topological polar surface area (TPSA) is 57.0 Å². The summed E-state index contributed by atoms with van der Waals surface area (Å²) in [4.78, 5) is 12.4. The molecule has 0 saturated carbocycles. The quantitative estimate of drug-likeness (QED) is 0.290. The zero-order chi connectivity index (χ0) is 17.9. The number of hydrogen-bond donors (Lipinski definition) is 2. The molecule has 1 unspecified atom stereocenters. The van der Waals surface area contributed by atoms with Crippen molar-refractivity contribution in [1.82, 2.24) is 20.0 Å². The maximum atomic E-state index is 4.59. The number of anilines is 1. The predicted molar refractivity (Wildman–Crippen MR) is 127 cm³/mol. The summed E-state index contributed by atoms with van der Waals surface area (Å²) in [6.07, 6.45) is 5.17. The van der Waals surface area contributed by atoms with Crippen LogP contribution in [0.2, 0.25) is 0 Å². The lowest BCUT2D eigenvalue weighted by molar-refractivity contribution is 0.647. The summed E-state index contributed by atoms with van der Waals surface area (Å²) >= 11 is 5.14. The van der Waals surface area contributed by atoms with Crippen LogP contribution in [0.4, 0.5) is 5.69 Å². The molecule has 0 aliphatic carbocycles. The third-order valence-corrected chi connectivity index (χ3v) is 5.82. The molecule has 144 valence electrons. The van der Waals surface area contributed by atoms with Crippen LogP contribution in [0.15, 0.2) is 51.5 Å². The van der Waals surface area contributed by atoms with Gasteiger partial charge < -0.3 is 15.5 Å². The Morgan fingerprint density at radius 1 is 1.37 bits per heavy atom. The van der Waals surface area contributed by atoms with E-state index in [4.69, 9.17) is 0 Å². The fourth-order valence-corrected chi connectivity index (χ4v) is 4.17. The number of rotatable bonds is 4. The number of hydrogen-bond acceptors (Lipinski definition) is 4. The van der Waals surface area contributed by atoms with Crippen LogP contribution in [-0.2, 0) is 6.54 Å². The van der Waals surface area contributed by atoms with Crippen LogP contribution in [0.25, 0.3) is 4.96 Å². The summed E-state index contributed by atoms with van der Waals surface area (Å²) in [5, 5.41) is 8.94. The second-order valence-corrected chi connectivity index (χ2v) is 8.09. The number of thiazole rings is 1. The molecule has 4 rings (SSSR count). The highest BCUT2D eigenvalue weighted by Crippen LogP contribution is 2.22. The third-order valence-electron chi connectivity index (χ3n) is 4.52. The number of fused-ring (bicyclic) bond motifs is 1. The van der Waals surface area contributed by atoms with Gasteiger partial charge in [0.15, 0.2) is 10.9 Å². The Balaban J connectivity index is 0.00000210. The standard InChI is InChI=1S/C18H21BrN6S.HI/c1-20-17(21-10-15-12-25-8-9-26-18(25)23-15)22-14-6-7-24(11-14)16-4-2-13(19)3-5-16;/h2-5,8-9,12,14H,6-7,10-11H2,1H3,(H2,20,21,22);1H. The monoisotopic (exact) mass is 560 g/mol. The van der Waals surface area contributed by atoms with E-state index in [0.29, 0.717) is 12.6 Å². The maximum Gasteiger partial charge on any atom is 0.193 e. The molecule has 1 aromatic carbocycles. The lowest BCUT2D eigenvalue weighted by atomic mass is 10.3. The maximum absolute atomic E-state index is 4.59. The predicted octanol–water partition coefficient (Wildman–Crippen LogP) is 3.72. The van der Waals surface area contributed by atoms with E-state index in [0.717, 1.165) is 40.6 Å². The van der Waals surface area contributed by atoms with Crippen molar-refractivity contribution in [2.24, 2.45) is 4.99 Å². The normalized spacial score (nSPS) is 17.2. The van der Waals surface area contributed by atoms with Crippen molar-refractivity contribution in [3.63, 3.8) is 0 Å². The molecular formula is C18H22BrIN6S. The van der Waals surface area contributed by atoms with Crippen molar-refractivity contribution in [2.75, 3.05) is 25.0 Å². The van der Waals surface area contributed by atoms with Gasteiger partial charge in [-0.15, -0.1) is 35.3 Å². The zero-order valence-electron chi connectivity index (χ0n) is 14.9. The van der Waals surface area contributed by atoms with E-state index in [1.54, 1.807) is 11.3 Å². The van der Waals surface area contributed by atoms with E-state index in [9.17, 15) is 0 Å². The fraction of sp³-hybridized carbons (Fsp3) is 0.333. The average Bonchev–Trinajstić information content (AvgIpc) is 3.35. The molecule has 1 atom stereocenters. The van der Waals surface area contributed by atoms with Crippen LogP contribution in [0.1, 0.15) is 12.1 Å². The molecule has 2 aromatic heterocycles. The smallest absolute Gasteiger partial charge is 0.193 e. The number of nitrogens with one attached hydrogen (secondary N) is 2. The number of guanidine groups is 1. The van der Waals surface area contributed by atoms with Gasteiger partial charge in [-0.3, -0.25) is 9.39 Å². The van der Waals surface area contributed by atoms with E-state index >= 15 is 0 Å². The van der Waals surface area contributed by atoms with Gasteiger partial charge >= 0.3 is 0 Å². The Bertz CT molecular complexity index is 878. The highest BCUT2D eigenvalue weighted by Gasteiger charge is 2.23. The zero-order valence-corrected chi connectivity index (χ0v) is 19.7. The summed E-state index contributed by atoms with van der Waals surface area (Å²) in [7, 11) is 1.81. The molecular weight excluding hydrogens is 539 g/mol. The molecule has 1 fully saturated rings. The third kappa shape index (κ3) is 4.94. The minimum atomic E-state index is 0. The molecule has 1 aliphatic rings. The Morgan fingerprint density at radius 3 is 2.93 bits per heavy atom. The number of halogens is 2. The summed E-state index contributed by atoms with van der Waals surface area (Å²) in [5.41, 5.74) is 2.28. The van der Waals surface area contributed by atoms with E-state index in [1.165, 1.54) is 5.69 Å². The Morgan fingerprint density at radius 2 is 2.19 bits per heavy atom. The molecule has 0 spiro atoms. The first-order valence-electron chi connectivity index (χ1n) is 8.60. The molecule has 1 saturated heterocycles. The summed E-state index contributed by atoms with van der Waals surface area (Å²) < 4.78 is 3.16. The van der Waals surface area contributed by atoms with E-state index in [-0.39, 0.29) is 24.0 Å². The second kappa shape index (κ2) is 9.24. The van der Waals surface area contributed by atoms with Gasteiger partial charge in [-0.1, -0.05) is 15.9 Å². The van der Waals surface area contributed by atoms with Crippen molar-refractivity contribution in [1.29, 1.82) is 0 Å². The highest BCUT2D eigenvalue weighted by atomic mass is 127. The van der Waals surface area contributed by atoms with E-state index in [2.05, 4.69) is 71.9 Å². The molecule has 9 heteroatoms. The second-order valence-electron chi connectivity index (χ2n) is 6.30. The molecule has 2 N–H and O–H groups in total. The van der Waals surface area contributed by atoms with Gasteiger partial charge in [0, 0.05) is 54.1 Å². The van der Waals surface area contributed by atoms with Crippen LogP contribution in [-0.4, -0.2) is 41.5 Å². The number of aliphatic imine (C=N–C) groups is 1. The van der Waals surface area contributed by atoms with Crippen molar-refractivity contribution in [3.05, 3.63) is 52.2 Å². The first-order valence-corrected chi connectivity index (χ1v) is 10.3. The van der Waals surface area contributed by atoms with E-state index in [1.807, 2.05) is 23.0 Å². The van der Waals surface area contributed by atoms with Gasteiger partial charge in [0.05, 0.1) is 12.2 Å². The molecule has 0 bridgehead atoms. The van der Waals surface area contributed by atoms with Crippen LogP contribution in [0, 0.1) is 0 Å². The minimum Gasteiger partial charge on any atom is -0.369 e. The minimum absolute atomic E-state index is 0. The van der Waals surface area contributed by atoms with Gasteiger partial charge in [-0.2, -0.15) is 0 Å². The molecule has 6 nitrogen and oxygen atoms in total. The van der Waals surface area contributed by atoms with E-state index < -0.39 is 0 Å². The Labute approximate surface area is 188 Å². The van der Waals surface area contributed by atoms with Gasteiger partial charge in [0.2, 0.25) is 0 Å². The van der Waals surface area contributed by atoms with Crippen LogP contribution in [0.3, 0.4) is 0 Å². The molecule has 3 aromatic rings. The van der Waals surface area contributed by atoms with Crippen LogP contribution >= 0.6 is 51.2 Å². The molecule has 3 heterocycles. The highest BCUT2D eigenvalue weighted by molar-refractivity contribution is 14.0. The number of imidazole rings is 1. The SMILES string of the molecule is CN=C(NCc1cn2ccsc2n1)NC1CCN(c2ccc(Br)cc2)C1.I. The molecule has 27 heavy (non-hydrogen) atoms. The summed E-state index contributed by atoms with van der Waals surface area (Å²) in [6, 6.07) is 8.88. The lowest BCUT2D eigenvalue weighted by Gasteiger charge is -2.20. The van der Waals surface area contributed by atoms with Crippen molar-refractivity contribution in [3.8, 4) is 0 Å². The van der Waals surface area contributed by atoms with Crippen molar-refractivity contribution >= 4 is 67.9 Å². The van der Waals surface area contributed by atoms with Gasteiger partial charge in [-0.25, -0.2) is 4.98 Å². The average molecular weight is 561 g/mol. The Kier molecular flexibility index (Phi) is 6.99. The van der Waals surface area contributed by atoms with Crippen molar-refractivity contribution < 1.29 is 0 Å². The largest absolute Gasteiger partial charge is 0.369 e. The first kappa shape index (κ1) is 20.4. The Hall–Kier alpha value is -1.33. The fourth-order valence-electron chi connectivity index (χ4n) is 3.19. The summed E-state index contributed by atoms with van der Waals surface area (Å²) in [5.74, 6) is 0.823. The molecule has 0 amide bonds. The number of benzene rings is 1. The van der Waals surface area contributed by atoms with Crippen molar-refractivity contribution in [2.45, 2.75) is 19.0 Å². The molecule has 1 aliphatic heterocycles. The molecule has 0 radical (unpaired) electrons. The van der Waals surface area contributed by atoms with Crippen LogP contribution < -0.4 is 15.5 Å². The summed E-state index contributed by atoms with van der Waals surface area (Å²) in [6.45, 7) is 2.69. The van der Waals surface area contributed by atoms with Gasteiger partial charge in [0.1, 0.15) is 0 Å². The van der Waals surface area contributed by atoms with Gasteiger partial charge in [0.25, 0.3) is 0 Å². The van der Waals surface area contributed by atoms with Gasteiger partial charge in [-0.05, 0) is 30.7 Å². The lowest BCUT2D eigenvalue weighted by Crippen LogP contribution is -2.44. The van der Waals surface area contributed by atoms with Crippen LogP contribution in [0.5, 0.6) is 0 Å². The first-order chi connectivity index (χ1) is 12.7. The number of aromatic nitrogens is 2. The number of nitrogens with zero attached hydrogens (tertiary/aromatic N) is 4.